The third kappa shape index (κ3) is 8.01. The van der Waals surface area contributed by atoms with Crippen molar-refractivity contribution >= 4 is 38.5 Å². The van der Waals surface area contributed by atoms with Gasteiger partial charge in [0, 0.05) is 30.4 Å². The number of nitrogens with one attached hydrogen (secondary N) is 2. The number of hydrogen-bond acceptors (Lipinski definition) is 7. The lowest BCUT2D eigenvalue weighted by Crippen LogP contribution is -2.46. The molecule has 10 heteroatoms. The second-order valence-electron chi connectivity index (χ2n) is 8.68. The van der Waals surface area contributed by atoms with Crippen LogP contribution in [0.4, 0.5) is 5.13 Å². The van der Waals surface area contributed by atoms with E-state index in [2.05, 4.69) is 33.8 Å². The Bertz CT molecular complexity index is 1040. The van der Waals surface area contributed by atoms with E-state index in [0.717, 1.165) is 29.8 Å². The Morgan fingerprint density at radius 3 is 2.55 bits per heavy atom. The lowest BCUT2D eigenvalue weighted by molar-refractivity contribution is -0.118. The topological polar surface area (TPSA) is 101 Å². The number of amides is 1. The van der Waals surface area contributed by atoms with Gasteiger partial charge in [-0.3, -0.25) is 9.69 Å². The number of sulfonamides is 1. The number of aromatic nitrogens is 1. The third-order valence-corrected chi connectivity index (χ3v) is 7.03. The molecule has 1 amide bonds. The maximum Gasteiger partial charge on any atom is 0.244 e. The average Bonchev–Trinajstić information content (AvgIpc) is 3.17. The number of anilines is 1. The van der Waals surface area contributed by atoms with Crippen molar-refractivity contribution in [2.24, 2.45) is 5.92 Å². The van der Waals surface area contributed by atoms with E-state index in [9.17, 15) is 13.2 Å². The van der Waals surface area contributed by atoms with Crippen LogP contribution < -0.4 is 10.0 Å². The molecule has 1 aliphatic heterocycles. The van der Waals surface area contributed by atoms with Crippen LogP contribution in [0.1, 0.15) is 39.0 Å². The summed E-state index contributed by atoms with van der Waals surface area (Å²) >= 11 is 1.33. The van der Waals surface area contributed by atoms with Crippen LogP contribution in [0.15, 0.2) is 41.1 Å². The highest BCUT2D eigenvalue weighted by atomic mass is 32.2. The van der Waals surface area contributed by atoms with Crippen LogP contribution in [-0.4, -0.2) is 55.5 Å². The molecule has 3 atom stereocenters. The normalized spacial score (nSPS) is 20.9. The molecule has 8 nitrogen and oxygen atoms in total. The van der Waals surface area contributed by atoms with E-state index in [1.165, 1.54) is 17.4 Å². The quantitative estimate of drug-likeness (QED) is 0.557. The SMILES string of the molecule is CC1CN(Cc2csc(NC(=O)[C@@H](NS(=O)(=O)/C=C/c3ccccc3)C(C)C)n2)CC(C)O1. The van der Waals surface area contributed by atoms with Crippen LogP contribution in [0.3, 0.4) is 0 Å². The van der Waals surface area contributed by atoms with E-state index >= 15 is 0 Å². The Morgan fingerprint density at radius 2 is 1.91 bits per heavy atom. The number of hydrogen-bond donors (Lipinski definition) is 2. The van der Waals surface area contributed by atoms with Crippen molar-refractivity contribution in [2.45, 2.75) is 52.5 Å². The van der Waals surface area contributed by atoms with E-state index in [4.69, 9.17) is 4.74 Å². The zero-order chi connectivity index (χ0) is 24.0. The number of rotatable bonds is 9. The number of ether oxygens (including phenoxy) is 1. The molecule has 1 fully saturated rings. The summed E-state index contributed by atoms with van der Waals surface area (Å²) in [5, 5.41) is 6.22. The molecule has 3 rings (SSSR count). The molecule has 2 heterocycles. The van der Waals surface area contributed by atoms with Crippen molar-refractivity contribution in [1.29, 1.82) is 0 Å². The standard InChI is InChI=1S/C23H32N4O4S2/c1-16(2)21(26-33(29,30)11-10-19-8-6-5-7-9-19)22(28)25-23-24-20(15-32-23)14-27-12-17(3)31-18(4)13-27/h5-11,15-18,21,26H,12-14H2,1-4H3,(H,24,25,28)/b11-10+/t17?,18?,21-/m0/s1. The number of nitrogens with zero attached hydrogens (tertiary/aromatic N) is 2. The van der Waals surface area contributed by atoms with Gasteiger partial charge in [-0.25, -0.2) is 13.4 Å². The fraction of sp³-hybridized carbons (Fsp3) is 0.478. The van der Waals surface area contributed by atoms with Gasteiger partial charge in [0.1, 0.15) is 6.04 Å². The summed E-state index contributed by atoms with van der Waals surface area (Å²) in [5.41, 5.74) is 1.62. The smallest absolute Gasteiger partial charge is 0.244 e. The molecule has 0 spiro atoms. The van der Waals surface area contributed by atoms with Gasteiger partial charge in [-0.05, 0) is 31.4 Å². The van der Waals surface area contributed by atoms with Crippen molar-refractivity contribution in [2.75, 3.05) is 18.4 Å². The zero-order valence-corrected chi connectivity index (χ0v) is 21.0. The van der Waals surface area contributed by atoms with E-state index in [0.29, 0.717) is 11.7 Å². The summed E-state index contributed by atoms with van der Waals surface area (Å²) in [4.78, 5) is 19.7. The molecule has 180 valence electrons. The first-order valence-electron chi connectivity index (χ1n) is 11.0. The van der Waals surface area contributed by atoms with Gasteiger partial charge >= 0.3 is 0 Å². The highest BCUT2D eigenvalue weighted by molar-refractivity contribution is 7.92. The molecular formula is C23H32N4O4S2. The fourth-order valence-electron chi connectivity index (χ4n) is 3.70. The van der Waals surface area contributed by atoms with Gasteiger partial charge in [-0.15, -0.1) is 11.3 Å². The summed E-state index contributed by atoms with van der Waals surface area (Å²) in [6, 6.07) is 8.19. The van der Waals surface area contributed by atoms with Crippen LogP contribution >= 0.6 is 11.3 Å². The second-order valence-corrected chi connectivity index (χ2v) is 11.1. The van der Waals surface area contributed by atoms with Crippen molar-refractivity contribution in [3.8, 4) is 0 Å². The van der Waals surface area contributed by atoms with E-state index in [-0.39, 0.29) is 18.1 Å². The molecule has 1 aliphatic rings. The fourth-order valence-corrected chi connectivity index (χ4v) is 5.56. The summed E-state index contributed by atoms with van der Waals surface area (Å²) in [6.45, 7) is 10.0. The summed E-state index contributed by atoms with van der Waals surface area (Å²) in [5.74, 6) is -0.683. The predicted molar refractivity (Wildman–Crippen MR) is 132 cm³/mol. The summed E-state index contributed by atoms with van der Waals surface area (Å²) in [7, 11) is -3.81. The molecule has 0 bridgehead atoms. The van der Waals surface area contributed by atoms with Crippen LogP contribution in [0, 0.1) is 5.92 Å². The average molecular weight is 493 g/mol. The van der Waals surface area contributed by atoms with Gasteiger partial charge in [-0.2, -0.15) is 4.72 Å². The Balaban J connectivity index is 1.60. The van der Waals surface area contributed by atoms with Gasteiger partial charge in [0.25, 0.3) is 0 Å². The van der Waals surface area contributed by atoms with Crippen LogP contribution in [0.2, 0.25) is 0 Å². The Hall–Kier alpha value is -2.11. The lowest BCUT2D eigenvalue weighted by atomic mass is 10.1. The number of carbonyl (C=O) groups excluding carboxylic acids is 1. The number of thiazole rings is 1. The minimum absolute atomic E-state index is 0.169. The maximum absolute atomic E-state index is 12.9. The molecule has 1 saturated heterocycles. The summed E-state index contributed by atoms with van der Waals surface area (Å²) < 4.78 is 33.4. The lowest BCUT2D eigenvalue weighted by Gasteiger charge is -2.34. The zero-order valence-electron chi connectivity index (χ0n) is 19.4. The molecule has 0 aliphatic carbocycles. The highest BCUT2D eigenvalue weighted by Gasteiger charge is 2.27. The minimum Gasteiger partial charge on any atom is -0.373 e. The second kappa shape index (κ2) is 11.3. The Kier molecular flexibility index (Phi) is 8.77. The van der Waals surface area contributed by atoms with Gasteiger partial charge in [0.05, 0.1) is 17.9 Å². The number of carbonyl (C=O) groups is 1. The van der Waals surface area contributed by atoms with Crippen molar-refractivity contribution < 1.29 is 17.9 Å². The molecule has 33 heavy (non-hydrogen) atoms. The van der Waals surface area contributed by atoms with Gasteiger partial charge < -0.3 is 10.1 Å². The highest BCUT2D eigenvalue weighted by Crippen LogP contribution is 2.20. The number of morpholine rings is 1. The first-order valence-corrected chi connectivity index (χ1v) is 13.4. The minimum atomic E-state index is -3.81. The molecule has 2 unspecified atom stereocenters. The monoisotopic (exact) mass is 492 g/mol. The predicted octanol–water partition coefficient (Wildman–Crippen LogP) is 3.31. The number of benzene rings is 1. The van der Waals surface area contributed by atoms with Crippen molar-refractivity contribution in [3.05, 3.63) is 52.4 Å². The van der Waals surface area contributed by atoms with E-state index < -0.39 is 22.0 Å². The van der Waals surface area contributed by atoms with Crippen LogP contribution in [-0.2, 0) is 26.1 Å². The largest absolute Gasteiger partial charge is 0.373 e. The van der Waals surface area contributed by atoms with Gasteiger partial charge in [0.2, 0.25) is 15.9 Å². The van der Waals surface area contributed by atoms with Crippen molar-refractivity contribution in [1.82, 2.24) is 14.6 Å². The molecule has 2 N–H and O–H groups in total. The molecule has 2 aromatic rings. The Morgan fingerprint density at radius 1 is 1.24 bits per heavy atom. The van der Waals surface area contributed by atoms with Crippen LogP contribution in [0.5, 0.6) is 0 Å². The van der Waals surface area contributed by atoms with Gasteiger partial charge in [-0.1, -0.05) is 44.2 Å². The van der Waals surface area contributed by atoms with Crippen molar-refractivity contribution in [3.63, 3.8) is 0 Å². The molecule has 1 aromatic heterocycles. The summed E-state index contributed by atoms with van der Waals surface area (Å²) in [6.07, 6.45) is 1.84. The van der Waals surface area contributed by atoms with E-state index in [1.807, 2.05) is 23.6 Å². The van der Waals surface area contributed by atoms with Gasteiger partial charge in [0.15, 0.2) is 5.13 Å². The van der Waals surface area contributed by atoms with E-state index in [1.54, 1.807) is 26.0 Å². The molecule has 0 radical (unpaired) electrons. The van der Waals surface area contributed by atoms with Crippen LogP contribution in [0.25, 0.3) is 6.08 Å². The molecule has 0 saturated carbocycles. The first-order chi connectivity index (χ1) is 15.6. The third-order valence-electron chi connectivity index (χ3n) is 5.14. The molecule has 1 aromatic carbocycles. The maximum atomic E-state index is 12.9. The Labute approximate surface area is 200 Å². The molecular weight excluding hydrogens is 460 g/mol. The first kappa shape index (κ1) is 25.5.